The van der Waals surface area contributed by atoms with Gasteiger partial charge in [-0.15, -0.1) is 0 Å². The van der Waals surface area contributed by atoms with E-state index in [0.717, 1.165) is 31.4 Å². The van der Waals surface area contributed by atoms with Crippen LogP contribution in [0.15, 0.2) is 48.5 Å². The molecule has 0 saturated heterocycles. The fourth-order valence-corrected chi connectivity index (χ4v) is 2.10. The maximum absolute atomic E-state index is 13.5. The molecule has 1 nitrogen and oxygen atoms in total. The van der Waals surface area contributed by atoms with Gasteiger partial charge in [0, 0.05) is 6.54 Å². The van der Waals surface area contributed by atoms with Crippen molar-refractivity contribution in [2.24, 2.45) is 0 Å². The molecule has 0 saturated carbocycles. The zero-order chi connectivity index (χ0) is 13.5. The zero-order valence-corrected chi connectivity index (χ0v) is 11.3. The van der Waals surface area contributed by atoms with Crippen LogP contribution in [0.2, 0.25) is 0 Å². The minimum atomic E-state index is -0.173. The topological polar surface area (TPSA) is 12.0 Å². The highest BCUT2D eigenvalue weighted by atomic mass is 19.1. The van der Waals surface area contributed by atoms with Crippen LogP contribution in [0.1, 0.15) is 24.0 Å². The molecule has 0 aliphatic rings. The van der Waals surface area contributed by atoms with Gasteiger partial charge in [-0.2, -0.15) is 0 Å². The van der Waals surface area contributed by atoms with Crippen LogP contribution in [-0.4, -0.2) is 6.54 Å². The van der Waals surface area contributed by atoms with Crippen molar-refractivity contribution < 1.29 is 4.39 Å². The summed E-state index contributed by atoms with van der Waals surface area (Å²) >= 11 is 0. The lowest BCUT2D eigenvalue weighted by Crippen LogP contribution is -2.04. The van der Waals surface area contributed by atoms with Gasteiger partial charge >= 0.3 is 0 Å². The highest BCUT2D eigenvalue weighted by molar-refractivity contribution is 5.46. The number of anilines is 1. The average molecular weight is 257 g/mol. The molecule has 0 aromatic heterocycles. The Balaban J connectivity index is 1.71. The minimum Gasteiger partial charge on any atom is -0.383 e. The summed E-state index contributed by atoms with van der Waals surface area (Å²) in [5.41, 5.74) is 3.05. The first kappa shape index (κ1) is 13.6. The molecule has 0 fully saturated rings. The standard InChI is InChI=1S/C17H20FN/c1-14-10-11-16(18)17(13-14)19-12-6-5-9-15-7-3-2-4-8-15/h2-4,7-8,10-11,13,19H,5-6,9,12H2,1H3. The molecule has 0 heterocycles. The van der Waals surface area contributed by atoms with Crippen molar-refractivity contribution in [3.63, 3.8) is 0 Å². The van der Waals surface area contributed by atoms with Crippen LogP contribution in [-0.2, 0) is 6.42 Å². The van der Waals surface area contributed by atoms with Gasteiger partial charge in [0.15, 0.2) is 0 Å². The van der Waals surface area contributed by atoms with E-state index in [-0.39, 0.29) is 5.82 Å². The smallest absolute Gasteiger partial charge is 0.146 e. The van der Waals surface area contributed by atoms with Crippen LogP contribution >= 0.6 is 0 Å². The van der Waals surface area contributed by atoms with E-state index < -0.39 is 0 Å². The fourth-order valence-electron chi connectivity index (χ4n) is 2.10. The lowest BCUT2D eigenvalue weighted by atomic mass is 10.1. The number of hydrogen-bond acceptors (Lipinski definition) is 1. The van der Waals surface area contributed by atoms with Crippen LogP contribution in [0.25, 0.3) is 0 Å². The zero-order valence-electron chi connectivity index (χ0n) is 11.3. The number of rotatable bonds is 6. The summed E-state index contributed by atoms with van der Waals surface area (Å²) in [5, 5.41) is 3.17. The molecule has 2 aromatic rings. The Morgan fingerprint density at radius 3 is 2.58 bits per heavy atom. The van der Waals surface area contributed by atoms with Gasteiger partial charge in [-0.25, -0.2) is 4.39 Å². The Bertz CT molecular complexity index is 508. The summed E-state index contributed by atoms with van der Waals surface area (Å²) in [6.45, 7) is 2.78. The van der Waals surface area contributed by atoms with Crippen molar-refractivity contribution in [3.8, 4) is 0 Å². The molecule has 0 unspecified atom stereocenters. The third kappa shape index (κ3) is 4.40. The first-order chi connectivity index (χ1) is 9.25. The van der Waals surface area contributed by atoms with E-state index in [9.17, 15) is 4.39 Å². The maximum Gasteiger partial charge on any atom is 0.146 e. The average Bonchev–Trinajstić information content (AvgIpc) is 2.43. The lowest BCUT2D eigenvalue weighted by molar-refractivity contribution is 0.628. The van der Waals surface area contributed by atoms with Gasteiger partial charge in [-0.05, 0) is 49.4 Å². The van der Waals surface area contributed by atoms with E-state index >= 15 is 0 Å². The van der Waals surface area contributed by atoms with Gasteiger partial charge < -0.3 is 5.32 Å². The summed E-state index contributed by atoms with van der Waals surface area (Å²) in [4.78, 5) is 0. The highest BCUT2D eigenvalue weighted by Gasteiger charge is 2.00. The maximum atomic E-state index is 13.5. The molecule has 0 aliphatic heterocycles. The number of hydrogen-bond donors (Lipinski definition) is 1. The molecule has 0 atom stereocenters. The fraction of sp³-hybridized carbons (Fsp3) is 0.294. The molecule has 0 radical (unpaired) electrons. The van der Waals surface area contributed by atoms with Crippen LogP contribution in [0.4, 0.5) is 10.1 Å². The minimum absolute atomic E-state index is 0.173. The van der Waals surface area contributed by atoms with E-state index in [1.807, 2.05) is 19.1 Å². The summed E-state index contributed by atoms with van der Waals surface area (Å²) in [5.74, 6) is -0.173. The Hall–Kier alpha value is -1.83. The Morgan fingerprint density at radius 1 is 1.00 bits per heavy atom. The highest BCUT2D eigenvalue weighted by Crippen LogP contribution is 2.15. The third-order valence-corrected chi connectivity index (χ3v) is 3.17. The van der Waals surface area contributed by atoms with Gasteiger partial charge in [-0.1, -0.05) is 36.4 Å². The van der Waals surface area contributed by atoms with E-state index in [4.69, 9.17) is 0 Å². The van der Waals surface area contributed by atoms with Crippen molar-refractivity contribution in [1.82, 2.24) is 0 Å². The van der Waals surface area contributed by atoms with Gasteiger partial charge in [0.05, 0.1) is 5.69 Å². The third-order valence-electron chi connectivity index (χ3n) is 3.17. The molecule has 0 aliphatic carbocycles. The Morgan fingerprint density at radius 2 is 1.79 bits per heavy atom. The molecular formula is C17H20FN. The Kier molecular flexibility index (Phi) is 4.96. The molecule has 19 heavy (non-hydrogen) atoms. The van der Waals surface area contributed by atoms with E-state index in [1.165, 1.54) is 11.6 Å². The van der Waals surface area contributed by atoms with Crippen LogP contribution in [0, 0.1) is 12.7 Å². The van der Waals surface area contributed by atoms with E-state index in [2.05, 4.69) is 29.6 Å². The predicted octanol–water partition coefficient (Wildman–Crippen LogP) is 4.57. The van der Waals surface area contributed by atoms with Gasteiger partial charge in [0.1, 0.15) is 5.82 Å². The van der Waals surface area contributed by atoms with Crippen molar-refractivity contribution in [2.75, 3.05) is 11.9 Å². The van der Waals surface area contributed by atoms with Crippen molar-refractivity contribution in [2.45, 2.75) is 26.2 Å². The SMILES string of the molecule is Cc1ccc(F)c(NCCCCc2ccccc2)c1. The predicted molar refractivity (Wildman–Crippen MR) is 79.0 cm³/mol. The molecule has 0 spiro atoms. The monoisotopic (exact) mass is 257 g/mol. The van der Waals surface area contributed by atoms with Crippen LogP contribution < -0.4 is 5.32 Å². The van der Waals surface area contributed by atoms with Gasteiger partial charge in [0.25, 0.3) is 0 Å². The largest absolute Gasteiger partial charge is 0.383 e. The summed E-state index contributed by atoms with van der Waals surface area (Å²) in [6.07, 6.45) is 3.24. The molecule has 2 rings (SSSR count). The summed E-state index contributed by atoms with van der Waals surface area (Å²) in [7, 11) is 0. The second-order valence-electron chi connectivity index (χ2n) is 4.85. The second kappa shape index (κ2) is 6.93. The molecular weight excluding hydrogens is 237 g/mol. The van der Waals surface area contributed by atoms with Crippen molar-refractivity contribution in [3.05, 3.63) is 65.5 Å². The van der Waals surface area contributed by atoms with Crippen LogP contribution in [0.5, 0.6) is 0 Å². The molecule has 2 heteroatoms. The normalized spacial score (nSPS) is 10.4. The van der Waals surface area contributed by atoms with Crippen molar-refractivity contribution in [1.29, 1.82) is 0 Å². The molecule has 0 bridgehead atoms. The molecule has 2 aromatic carbocycles. The number of nitrogens with one attached hydrogen (secondary N) is 1. The molecule has 0 amide bonds. The Labute approximate surface area is 114 Å². The lowest BCUT2D eigenvalue weighted by Gasteiger charge is -2.08. The second-order valence-corrected chi connectivity index (χ2v) is 4.85. The molecule has 100 valence electrons. The quantitative estimate of drug-likeness (QED) is 0.747. The number of unbranched alkanes of at least 4 members (excludes halogenated alkanes) is 1. The summed E-state index contributed by atoms with van der Waals surface area (Å²) < 4.78 is 13.5. The first-order valence-electron chi connectivity index (χ1n) is 6.79. The van der Waals surface area contributed by atoms with E-state index in [1.54, 1.807) is 6.07 Å². The number of benzene rings is 2. The summed E-state index contributed by atoms with van der Waals surface area (Å²) in [6, 6.07) is 15.6. The van der Waals surface area contributed by atoms with Gasteiger partial charge in [-0.3, -0.25) is 0 Å². The van der Waals surface area contributed by atoms with Gasteiger partial charge in [0.2, 0.25) is 0 Å². The number of halogens is 1. The van der Waals surface area contributed by atoms with Crippen molar-refractivity contribution >= 4 is 5.69 Å². The molecule has 1 N–H and O–H groups in total. The van der Waals surface area contributed by atoms with Crippen LogP contribution in [0.3, 0.4) is 0 Å². The van der Waals surface area contributed by atoms with E-state index in [0.29, 0.717) is 5.69 Å². The number of aryl methyl sites for hydroxylation is 2. The first-order valence-corrected chi connectivity index (χ1v) is 6.79.